The number of carbonyl (C=O) groups excluding carboxylic acids is 1. The van der Waals surface area contributed by atoms with Crippen molar-refractivity contribution in [1.29, 1.82) is 0 Å². The van der Waals surface area contributed by atoms with Gasteiger partial charge in [0.05, 0.1) is 0 Å². The Morgan fingerprint density at radius 1 is 0.875 bits per heavy atom. The molecule has 0 bridgehead atoms. The van der Waals surface area contributed by atoms with Crippen LogP contribution in [0.1, 0.15) is 49.1 Å². The summed E-state index contributed by atoms with van der Waals surface area (Å²) in [7, 11) is 2.19. The fraction of sp³-hybridized carbons (Fsp3) is 0.536. The molecule has 4 nitrogen and oxygen atoms in total. The monoisotopic (exact) mass is 433 g/mol. The summed E-state index contributed by atoms with van der Waals surface area (Å²) in [5.74, 6) is 1.56. The standard InChI is InChI=1S/C28H39N3O/c1-30-17-12-23(13-18-30)22-29-28(32)26-14-19-31(20-15-26)21-16-27(24-8-4-2-5-9-24)25-10-6-3-7-11-25/h2-11,23,26-27H,12-22H2,1H3,(H,29,32). The van der Waals surface area contributed by atoms with E-state index in [9.17, 15) is 4.79 Å². The molecule has 2 fully saturated rings. The van der Waals surface area contributed by atoms with E-state index in [4.69, 9.17) is 0 Å². The number of nitrogens with zero attached hydrogens (tertiary/aromatic N) is 2. The zero-order chi connectivity index (χ0) is 22.2. The van der Waals surface area contributed by atoms with Crippen molar-refractivity contribution in [2.75, 3.05) is 46.3 Å². The summed E-state index contributed by atoms with van der Waals surface area (Å²) in [6.45, 7) is 6.32. The molecular formula is C28H39N3O. The lowest BCUT2D eigenvalue weighted by Gasteiger charge is -2.33. The fourth-order valence-corrected chi connectivity index (χ4v) is 5.28. The molecule has 2 aromatic carbocycles. The van der Waals surface area contributed by atoms with Crippen LogP contribution in [0.15, 0.2) is 60.7 Å². The summed E-state index contributed by atoms with van der Waals surface area (Å²) in [4.78, 5) is 17.6. The average molecular weight is 434 g/mol. The van der Waals surface area contributed by atoms with Crippen molar-refractivity contribution in [2.45, 2.75) is 38.0 Å². The van der Waals surface area contributed by atoms with Crippen LogP contribution in [-0.2, 0) is 4.79 Å². The normalized spacial score (nSPS) is 19.3. The topological polar surface area (TPSA) is 35.6 Å². The van der Waals surface area contributed by atoms with Crippen LogP contribution in [0, 0.1) is 11.8 Å². The van der Waals surface area contributed by atoms with E-state index >= 15 is 0 Å². The molecule has 0 saturated carbocycles. The molecule has 0 aliphatic carbocycles. The molecule has 4 rings (SSSR count). The van der Waals surface area contributed by atoms with Crippen LogP contribution < -0.4 is 5.32 Å². The van der Waals surface area contributed by atoms with Crippen molar-refractivity contribution in [3.05, 3.63) is 71.8 Å². The van der Waals surface area contributed by atoms with Gasteiger partial charge in [-0.3, -0.25) is 4.79 Å². The predicted octanol–water partition coefficient (Wildman–Crippen LogP) is 4.38. The molecular weight excluding hydrogens is 394 g/mol. The summed E-state index contributed by atoms with van der Waals surface area (Å²) in [5.41, 5.74) is 2.78. The molecule has 1 amide bonds. The first-order valence-electron chi connectivity index (χ1n) is 12.5. The van der Waals surface area contributed by atoms with Crippen LogP contribution >= 0.6 is 0 Å². The van der Waals surface area contributed by atoms with Crippen LogP contribution in [0.5, 0.6) is 0 Å². The number of rotatable bonds is 8. The van der Waals surface area contributed by atoms with Crippen molar-refractivity contribution in [3.8, 4) is 0 Å². The second kappa shape index (κ2) is 11.6. The minimum absolute atomic E-state index is 0.191. The lowest BCUT2D eigenvalue weighted by molar-refractivity contribution is -0.126. The maximum absolute atomic E-state index is 12.7. The van der Waals surface area contributed by atoms with E-state index < -0.39 is 0 Å². The van der Waals surface area contributed by atoms with E-state index in [1.165, 1.54) is 24.0 Å². The summed E-state index contributed by atoms with van der Waals surface area (Å²) in [6, 6.07) is 21.7. The smallest absolute Gasteiger partial charge is 0.223 e. The van der Waals surface area contributed by atoms with Gasteiger partial charge in [0.15, 0.2) is 0 Å². The average Bonchev–Trinajstić information content (AvgIpc) is 2.85. The first-order chi connectivity index (χ1) is 15.7. The molecule has 2 aliphatic rings. The van der Waals surface area contributed by atoms with E-state index in [1.807, 2.05) is 0 Å². The van der Waals surface area contributed by atoms with Gasteiger partial charge in [0.2, 0.25) is 5.91 Å². The summed E-state index contributed by atoms with van der Waals surface area (Å²) < 4.78 is 0. The molecule has 0 atom stereocenters. The molecule has 2 saturated heterocycles. The third-order valence-electron chi connectivity index (χ3n) is 7.50. The van der Waals surface area contributed by atoms with Gasteiger partial charge in [-0.1, -0.05) is 60.7 Å². The zero-order valence-electron chi connectivity index (χ0n) is 19.6. The molecule has 32 heavy (non-hydrogen) atoms. The van der Waals surface area contributed by atoms with Crippen LogP contribution in [0.2, 0.25) is 0 Å². The fourth-order valence-electron chi connectivity index (χ4n) is 5.28. The molecule has 2 aromatic rings. The van der Waals surface area contributed by atoms with Crippen LogP contribution in [0.3, 0.4) is 0 Å². The quantitative estimate of drug-likeness (QED) is 0.671. The van der Waals surface area contributed by atoms with Crippen molar-refractivity contribution >= 4 is 5.91 Å². The van der Waals surface area contributed by atoms with Crippen LogP contribution in [-0.4, -0.2) is 62.0 Å². The number of nitrogens with one attached hydrogen (secondary N) is 1. The van der Waals surface area contributed by atoms with Gasteiger partial charge < -0.3 is 15.1 Å². The lowest BCUT2D eigenvalue weighted by Crippen LogP contribution is -2.43. The van der Waals surface area contributed by atoms with Gasteiger partial charge in [0.1, 0.15) is 0 Å². The van der Waals surface area contributed by atoms with E-state index in [2.05, 4.69) is 82.8 Å². The Morgan fingerprint density at radius 3 is 2.00 bits per heavy atom. The van der Waals surface area contributed by atoms with Gasteiger partial charge in [0, 0.05) is 18.4 Å². The van der Waals surface area contributed by atoms with Crippen molar-refractivity contribution in [2.24, 2.45) is 11.8 Å². The first kappa shape index (κ1) is 23.0. The minimum Gasteiger partial charge on any atom is -0.356 e. The zero-order valence-corrected chi connectivity index (χ0v) is 19.6. The Bertz CT molecular complexity index is 770. The lowest BCUT2D eigenvalue weighted by atomic mass is 9.88. The number of piperidine rings is 2. The number of benzene rings is 2. The van der Waals surface area contributed by atoms with Crippen LogP contribution in [0.25, 0.3) is 0 Å². The first-order valence-corrected chi connectivity index (χ1v) is 12.5. The Kier molecular flexibility index (Phi) is 8.36. The minimum atomic E-state index is 0.191. The molecule has 0 radical (unpaired) electrons. The highest BCUT2D eigenvalue weighted by molar-refractivity contribution is 5.78. The van der Waals surface area contributed by atoms with Crippen LogP contribution in [0.4, 0.5) is 0 Å². The predicted molar refractivity (Wildman–Crippen MR) is 132 cm³/mol. The molecule has 4 heteroatoms. The number of carbonyl (C=O) groups is 1. The Labute approximate surface area is 194 Å². The van der Waals surface area contributed by atoms with Crippen molar-refractivity contribution in [3.63, 3.8) is 0 Å². The molecule has 2 aliphatic heterocycles. The third kappa shape index (κ3) is 6.43. The number of hydrogen-bond donors (Lipinski definition) is 1. The molecule has 172 valence electrons. The molecule has 0 spiro atoms. The molecule has 0 aromatic heterocycles. The highest BCUT2D eigenvalue weighted by Gasteiger charge is 2.26. The molecule has 1 N–H and O–H groups in total. The second-order valence-corrected chi connectivity index (χ2v) is 9.77. The van der Waals surface area contributed by atoms with Gasteiger partial charge in [0.25, 0.3) is 0 Å². The Morgan fingerprint density at radius 2 is 1.44 bits per heavy atom. The van der Waals surface area contributed by atoms with Gasteiger partial charge >= 0.3 is 0 Å². The highest BCUT2D eigenvalue weighted by atomic mass is 16.1. The molecule has 2 heterocycles. The van der Waals surface area contributed by atoms with Gasteiger partial charge in [-0.15, -0.1) is 0 Å². The summed E-state index contributed by atoms with van der Waals surface area (Å²) >= 11 is 0. The van der Waals surface area contributed by atoms with Gasteiger partial charge in [-0.05, 0) is 88.9 Å². The Hall–Kier alpha value is -2.17. The second-order valence-electron chi connectivity index (χ2n) is 9.77. The largest absolute Gasteiger partial charge is 0.356 e. The maximum Gasteiger partial charge on any atom is 0.223 e. The number of amides is 1. The van der Waals surface area contributed by atoms with E-state index in [0.717, 1.165) is 58.5 Å². The van der Waals surface area contributed by atoms with E-state index in [1.54, 1.807) is 0 Å². The number of likely N-dealkylation sites (tertiary alicyclic amines) is 2. The van der Waals surface area contributed by atoms with Gasteiger partial charge in [-0.25, -0.2) is 0 Å². The molecule has 0 unspecified atom stereocenters. The van der Waals surface area contributed by atoms with Gasteiger partial charge in [-0.2, -0.15) is 0 Å². The SMILES string of the molecule is CN1CCC(CNC(=O)C2CCN(CCC(c3ccccc3)c3ccccc3)CC2)CC1. The summed E-state index contributed by atoms with van der Waals surface area (Å²) in [6.07, 6.45) is 5.50. The number of hydrogen-bond acceptors (Lipinski definition) is 3. The third-order valence-corrected chi connectivity index (χ3v) is 7.50. The van der Waals surface area contributed by atoms with E-state index in [-0.39, 0.29) is 11.8 Å². The van der Waals surface area contributed by atoms with Crippen molar-refractivity contribution in [1.82, 2.24) is 15.1 Å². The highest BCUT2D eigenvalue weighted by Crippen LogP contribution is 2.29. The Balaban J connectivity index is 1.23. The maximum atomic E-state index is 12.7. The van der Waals surface area contributed by atoms with Crippen molar-refractivity contribution < 1.29 is 4.79 Å². The summed E-state index contributed by atoms with van der Waals surface area (Å²) in [5, 5.41) is 3.27. The van der Waals surface area contributed by atoms with E-state index in [0.29, 0.717) is 11.8 Å².